The molecule has 110 valence electrons. The van der Waals surface area contributed by atoms with Gasteiger partial charge in [-0.2, -0.15) is 0 Å². The first-order valence-electron chi connectivity index (χ1n) is 7.85. The number of rotatable bonds is 3. The largest absolute Gasteiger partial charge is 0.370 e. The van der Waals surface area contributed by atoms with Crippen molar-refractivity contribution in [2.45, 2.75) is 51.4 Å². The fourth-order valence-electron chi connectivity index (χ4n) is 3.00. The number of fused-ring (bicyclic) bond motifs is 1. The second kappa shape index (κ2) is 6.57. The van der Waals surface area contributed by atoms with Crippen LogP contribution in [0.3, 0.4) is 0 Å². The van der Waals surface area contributed by atoms with Gasteiger partial charge in [0.15, 0.2) is 5.96 Å². The Balaban J connectivity index is 1.52. The van der Waals surface area contributed by atoms with Crippen LogP contribution >= 0.6 is 11.3 Å². The van der Waals surface area contributed by atoms with Gasteiger partial charge in [-0.15, -0.1) is 11.3 Å². The summed E-state index contributed by atoms with van der Waals surface area (Å²) in [6.07, 6.45) is 9.79. The van der Waals surface area contributed by atoms with Crippen LogP contribution in [0, 0.1) is 0 Å². The number of hydrogen-bond donors (Lipinski definition) is 1. The molecule has 1 aliphatic heterocycles. The van der Waals surface area contributed by atoms with Crippen molar-refractivity contribution in [3.8, 4) is 0 Å². The number of hydrogen-bond acceptors (Lipinski definition) is 3. The van der Waals surface area contributed by atoms with E-state index < -0.39 is 0 Å². The van der Waals surface area contributed by atoms with E-state index in [0.29, 0.717) is 0 Å². The van der Waals surface area contributed by atoms with Crippen LogP contribution in [0.5, 0.6) is 0 Å². The smallest absolute Gasteiger partial charge is 0.191 e. The van der Waals surface area contributed by atoms with Gasteiger partial charge in [0.1, 0.15) is 0 Å². The van der Waals surface area contributed by atoms with Gasteiger partial charge < -0.3 is 10.6 Å². The van der Waals surface area contributed by atoms with Gasteiger partial charge in [-0.3, -0.25) is 4.99 Å². The number of likely N-dealkylation sites (tertiary alicyclic amines) is 1. The summed E-state index contributed by atoms with van der Waals surface area (Å²) in [6, 6.07) is 0. The molecule has 2 N–H and O–H groups in total. The summed E-state index contributed by atoms with van der Waals surface area (Å²) in [7, 11) is 0. The highest BCUT2D eigenvalue weighted by Crippen LogP contribution is 2.26. The topological polar surface area (TPSA) is 54.5 Å². The molecule has 2 aliphatic rings. The average molecular weight is 292 g/mol. The average Bonchev–Trinajstić information content (AvgIpc) is 2.90. The number of aromatic nitrogens is 1. The van der Waals surface area contributed by atoms with Gasteiger partial charge in [0.2, 0.25) is 0 Å². The second-order valence-electron chi connectivity index (χ2n) is 5.72. The molecule has 0 unspecified atom stereocenters. The Morgan fingerprint density at radius 3 is 2.75 bits per heavy atom. The zero-order valence-corrected chi connectivity index (χ0v) is 12.9. The van der Waals surface area contributed by atoms with Crippen molar-refractivity contribution in [2.75, 3.05) is 19.6 Å². The minimum Gasteiger partial charge on any atom is -0.370 e. The number of aryl methyl sites for hydroxylation is 2. The Morgan fingerprint density at radius 1 is 1.15 bits per heavy atom. The van der Waals surface area contributed by atoms with E-state index in [9.17, 15) is 0 Å². The van der Waals surface area contributed by atoms with Crippen LogP contribution < -0.4 is 5.73 Å². The lowest BCUT2D eigenvalue weighted by Gasteiger charge is -2.27. The standard InChI is InChI=1S/C15H24N4S/c16-15(19-10-4-1-5-11-19)17-9-8-14-18-12-6-2-3-7-13(12)20-14/h1-11H2,(H2,16,17). The van der Waals surface area contributed by atoms with Crippen LogP contribution in [0.15, 0.2) is 4.99 Å². The van der Waals surface area contributed by atoms with Gasteiger partial charge in [-0.05, 0) is 44.9 Å². The predicted octanol–water partition coefficient (Wildman–Crippen LogP) is 2.37. The lowest BCUT2D eigenvalue weighted by atomic mass is 10.0. The summed E-state index contributed by atoms with van der Waals surface area (Å²) < 4.78 is 0. The maximum absolute atomic E-state index is 6.07. The van der Waals surface area contributed by atoms with Gasteiger partial charge in [-0.1, -0.05) is 0 Å². The molecule has 0 spiro atoms. The number of nitrogens with two attached hydrogens (primary N) is 1. The normalized spacial score (nSPS) is 20.0. The molecule has 0 aromatic carbocycles. The molecule has 5 heteroatoms. The van der Waals surface area contributed by atoms with E-state index >= 15 is 0 Å². The first kappa shape index (κ1) is 13.9. The van der Waals surface area contributed by atoms with Crippen LogP contribution in [0.25, 0.3) is 0 Å². The molecule has 1 aliphatic carbocycles. The number of guanidine groups is 1. The number of nitrogens with zero attached hydrogens (tertiary/aromatic N) is 3. The highest BCUT2D eigenvalue weighted by molar-refractivity contribution is 7.11. The fraction of sp³-hybridized carbons (Fsp3) is 0.733. The molecule has 0 saturated carbocycles. The molecule has 0 amide bonds. The highest BCUT2D eigenvalue weighted by atomic mass is 32.1. The highest BCUT2D eigenvalue weighted by Gasteiger charge is 2.15. The summed E-state index contributed by atoms with van der Waals surface area (Å²) in [4.78, 5) is 13.0. The van der Waals surface area contributed by atoms with Crippen molar-refractivity contribution in [1.82, 2.24) is 9.88 Å². The molecular weight excluding hydrogens is 268 g/mol. The lowest BCUT2D eigenvalue weighted by molar-refractivity contribution is 0.338. The van der Waals surface area contributed by atoms with E-state index in [4.69, 9.17) is 10.7 Å². The molecule has 20 heavy (non-hydrogen) atoms. The van der Waals surface area contributed by atoms with Crippen molar-refractivity contribution in [2.24, 2.45) is 10.7 Å². The van der Waals surface area contributed by atoms with E-state index in [1.54, 1.807) is 0 Å². The SMILES string of the molecule is NC(=NCCc1nc2c(s1)CCCC2)N1CCCCC1. The number of aliphatic imine (C=N–C) groups is 1. The molecule has 1 aromatic heterocycles. The molecule has 1 saturated heterocycles. The minimum atomic E-state index is 0.728. The van der Waals surface area contributed by atoms with Crippen molar-refractivity contribution in [3.05, 3.63) is 15.6 Å². The Bertz CT molecular complexity index is 451. The first-order valence-corrected chi connectivity index (χ1v) is 8.67. The predicted molar refractivity (Wildman–Crippen MR) is 84.4 cm³/mol. The Morgan fingerprint density at radius 2 is 1.95 bits per heavy atom. The van der Waals surface area contributed by atoms with Crippen molar-refractivity contribution < 1.29 is 0 Å². The van der Waals surface area contributed by atoms with Gasteiger partial charge >= 0.3 is 0 Å². The fourth-order valence-corrected chi connectivity index (χ4v) is 4.15. The summed E-state index contributed by atoms with van der Waals surface area (Å²) in [5.74, 6) is 0.728. The maximum Gasteiger partial charge on any atom is 0.191 e. The van der Waals surface area contributed by atoms with Gasteiger partial charge in [0, 0.05) is 30.9 Å². The zero-order valence-electron chi connectivity index (χ0n) is 12.1. The summed E-state index contributed by atoms with van der Waals surface area (Å²) in [6.45, 7) is 2.91. The number of thiazole rings is 1. The monoisotopic (exact) mass is 292 g/mol. The molecule has 0 atom stereocenters. The van der Waals surface area contributed by atoms with E-state index in [-0.39, 0.29) is 0 Å². The summed E-state index contributed by atoms with van der Waals surface area (Å²) in [5, 5.41) is 1.24. The molecule has 4 nitrogen and oxygen atoms in total. The van der Waals surface area contributed by atoms with Crippen LogP contribution in [0.1, 0.15) is 47.7 Å². The molecule has 2 heterocycles. The third kappa shape index (κ3) is 3.32. The molecule has 0 bridgehead atoms. The van der Waals surface area contributed by atoms with Crippen molar-refractivity contribution in [3.63, 3.8) is 0 Å². The van der Waals surface area contributed by atoms with Gasteiger partial charge in [0.25, 0.3) is 0 Å². The van der Waals surface area contributed by atoms with Crippen LogP contribution in [0.2, 0.25) is 0 Å². The third-order valence-corrected chi connectivity index (χ3v) is 5.39. The summed E-state index contributed by atoms with van der Waals surface area (Å²) in [5.41, 5.74) is 7.42. The Kier molecular flexibility index (Phi) is 4.55. The van der Waals surface area contributed by atoms with Gasteiger partial charge in [0.05, 0.1) is 10.7 Å². The first-order chi connectivity index (χ1) is 9.83. The lowest BCUT2D eigenvalue weighted by Crippen LogP contribution is -2.41. The number of piperidine rings is 1. The van der Waals surface area contributed by atoms with Crippen molar-refractivity contribution in [1.29, 1.82) is 0 Å². The van der Waals surface area contributed by atoms with Gasteiger partial charge in [-0.25, -0.2) is 4.98 Å². The van der Waals surface area contributed by atoms with E-state index in [1.165, 1.54) is 60.5 Å². The van der Waals surface area contributed by atoms with E-state index in [0.717, 1.165) is 32.0 Å². The molecule has 0 radical (unpaired) electrons. The Labute approximate surface area is 125 Å². The van der Waals surface area contributed by atoms with Crippen LogP contribution in [0.4, 0.5) is 0 Å². The van der Waals surface area contributed by atoms with E-state index in [1.807, 2.05) is 11.3 Å². The third-order valence-electron chi connectivity index (χ3n) is 4.17. The molecule has 3 rings (SSSR count). The molecule has 1 fully saturated rings. The van der Waals surface area contributed by atoms with Crippen LogP contribution in [-0.2, 0) is 19.3 Å². The molecular formula is C15H24N4S. The quantitative estimate of drug-likeness (QED) is 0.687. The Hall–Kier alpha value is -1.10. The maximum atomic E-state index is 6.07. The molecule has 1 aromatic rings. The van der Waals surface area contributed by atoms with Crippen molar-refractivity contribution >= 4 is 17.3 Å². The second-order valence-corrected chi connectivity index (χ2v) is 6.89. The van der Waals surface area contributed by atoms with Crippen LogP contribution in [-0.4, -0.2) is 35.5 Å². The minimum absolute atomic E-state index is 0.728. The van der Waals surface area contributed by atoms with E-state index in [2.05, 4.69) is 9.89 Å². The summed E-state index contributed by atoms with van der Waals surface area (Å²) >= 11 is 1.89. The zero-order chi connectivity index (χ0) is 13.8.